The fraction of sp³-hybridized carbons (Fsp3) is 0.0476. The van der Waals surface area contributed by atoms with Crippen molar-refractivity contribution >= 4 is 60.7 Å². The minimum atomic E-state index is -3.84. The molecule has 0 aliphatic carbocycles. The van der Waals surface area contributed by atoms with Crippen LogP contribution in [0.2, 0.25) is 5.02 Å². The van der Waals surface area contributed by atoms with Crippen molar-refractivity contribution in [2.24, 2.45) is 5.73 Å². The minimum Gasteiger partial charge on any atom is -0.366 e. The number of nitrogens with two attached hydrogens (primary N) is 1. The molecular weight excluding hydrogens is 506 g/mol. The number of nitrogens with zero attached hydrogens (tertiary/aromatic N) is 1. The smallest absolute Gasteiger partial charge is 0.264 e. The molecule has 3 rings (SSSR count). The maximum absolute atomic E-state index is 12.9. The highest BCUT2D eigenvalue weighted by atomic mass is 79.9. The fourth-order valence-electron chi connectivity index (χ4n) is 2.75. The normalized spacial score (nSPS) is 11.1. The Hall–Kier alpha value is -2.88. The molecule has 31 heavy (non-hydrogen) atoms. The van der Waals surface area contributed by atoms with E-state index in [1.54, 1.807) is 36.4 Å². The largest absolute Gasteiger partial charge is 0.366 e. The van der Waals surface area contributed by atoms with E-state index in [2.05, 4.69) is 21.2 Å². The van der Waals surface area contributed by atoms with E-state index in [1.165, 1.54) is 37.4 Å². The first-order chi connectivity index (χ1) is 14.6. The number of hydrogen-bond donors (Lipinski definition) is 2. The second kappa shape index (κ2) is 9.09. The van der Waals surface area contributed by atoms with Crippen molar-refractivity contribution in [1.29, 1.82) is 0 Å². The van der Waals surface area contributed by atoms with E-state index < -0.39 is 21.8 Å². The van der Waals surface area contributed by atoms with E-state index in [-0.39, 0.29) is 21.7 Å². The minimum absolute atomic E-state index is 0.0166. The maximum atomic E-state index is 12.9. The van der Waals surface area contributed by atoms with Gasteiger partial charge >= 0.3 is 0 Å². The van der Waals surface area contributed by atoms with Crippen molar-refractivity contribution in [3.63, 3.8) is 0 Å². The summed E-state index contributed by atoms with van der Waals surface area (Å²) < 4.78 is 27.5. The number of sulfonamides is 1. The van der Waals surface area contributed by atoms with Crippen LogP contribution in [0, 0.1) is 0 Å². The summed E-state index contributed by atoms with van der Waals surface area (Å²) in [5, 5.41) is 3.11. The summed E-state index contributed by atoms with van der Waals surface area (Å²) in [6.07, 6.45) is 0. The monoisotopic (exact) mass is 521 g/mol. The lowest BCUT2D eigenvalue weighted by Crippen LogP contribution is -2.26. The third-order valence-electron chi connectivity index (χ3n) is 4.46. The summed E-state index contributed by atoms with van der Waals surface area (Å²) in [5.74, 6) is -1.21. The van der Waals surface area contributed by atoms with Crippen molar-refractivity contribution in [2.45, 2.75) is 4.90 Å². The van der Waals surface area contributed by atoms with Gasteiger partial charge in [0.15, 0.2) is 0 Å². The third kappa shape index (κ3) is 5.07. The van der Waals surface area contributed by atoms with Crippen molar-refractivity contribution in [1.82, 2.24) is 0 Å². The molecule has 0 aliphatic rings. The molecule has 0 bridgehead atoms. The second-order valence-corrected chi connectivity index (χ2v) is 9.80. The Morgan fingerprint density at radius 1 is 1.00 bits per heavy atom. The predicted molar refractivity (Wildman–Crippen MR) is 124 cm³/mol. The summed E-state index contributed by atoms with van der Waals surface area (Å²) in [6.45, 7) is 0. The number of anilines is 2. The third-order valence-corrected chi connectivity index (χ3v) is 7.01. The maximum Gasteiger partial charge on any atom is 0.264 e. The van der Waals surface area contributed by atoms with Crippen molar-refractivity contribution in [2.75, 3.05) is 16.7 Å². The van der Waals surface area contributed by atoms with Crippen LogP contribution in [0.5, 0.6) is 0 Å². The highest BCUT2D eigenvalue weighted by Crippen LogP contribution is 2.25. The number of rotatable bonds is 6. The highest BCUT2D eigenvalue weighted by molar-refractivity contribution is 9.10. The van der Waals surface area contributed by atoms with Crippen LogP contribution in [0.15, 0.2) is 76.1 Å². The molecule has 0 atom stereocenters. The zero-order valence-corrected chi connectivity index (χ0v) is 19.3. The molecular formula is C21H17BrClN3O4S. The lowest BCUT2D eigenvalue weighted by Gasteiger charge is -2.19. The Morgan fingerprint density at radius 3 is 2.19 bits per heavy atom. The van der Waals surface area contributed by atoms with Gasteiger partial charge in [-0.1, -0.05) is 27.5 Å². The molecule has 0 heterocycles. The number of carbonyl (C=O) groups excluding carboxylic acids is 2. The number of nitrogens with one attached hydrogen (secondary N) is 1. The standard InChI is InChI=1S/C21H17BrClN3O4S/c1-26(16-7-5-15(23)6-8-16)31(29,30)17-9-2-13(3-10-17)21(28)25-19-11-4-14(22)12-18(19)20(24)27/h2-12H,1H3,(H2,24,27)(H,25,28). The average molecular weight is 523 g/mol. The molecule has 3 aromatic rings. The SMILES string of the molecule is CN(c1ccc(Cl)cc1)S(=O)(=O)c1ccc(C(=O)Nc2ccc(Br)cc2C(N)=O)cc1. The first-order valence-electron chi connectivity index (χ1n) is 8.85. The zero-order chi connectivity index (χ0) is 22.8. The summed E-state index contributed by atoms with van der Waals surface area (Å²) in [4.78, 5) is 24.2. The molecule has 7 nitrogen and oxygen atoms in total. The van der Waals surface area contributed by atoms with Crippen LogP contribution in [0.1, 0.15) is 20.7 Å². The average Bonchev–Trinajstić information content (AvgIpc) is 2.75. The topological polar surface area (TPSA) is 110 Å². The lowest BCUT2D eigenvalue weighted by atomic mass is 10.1. The molecule has 0 saturated carbocycles. The Bertz CT molecular complexity index is 1250. The van der Waals surface area contributed by atoms with Gasteiger partial charge in [-0.15, -0.1) is 0 Å². The second-order valence-electron chi connectivity index (χ2n) is 6.48. The number of halogens is 2. The van der Waals surface area contributed by atoms with E-state index >= 15 is 0 Å². The number of hydrogen-bond acceptors (Lipinski definition) is 4. The molecule has 160 valence electrons. The van der Waals surface area contributed by atoms with Crippen molar-refractivity contribution < 1.29 is 18.0 Å². The molecule has 3 N–H and O–H groups in total. The van der Waals surface area contributed by atoms with Crippen LogP contribution in [0.4, 0.5) is 11.4 Å². The predicted octanol–water partition coefficient (Wildman–Crippen LogP) is 4.28. The van der Waals surface area contributed by atoms with Crippen LogP contribution in [0.25, 0.3) is 0 Å². The van der Waals surface area contributed by atoms with Gasteiger partial charge in [-0.05, 0) is 66.7 Å². The van der Waals surface area contributed by atoms with Crippen LogP contribution in [-0.2, 0) is 10.0 Å². The van der Waals surface area contributed by atoms with Gasteiger partial charge in [0, 0.05) is 22.1 Å². The van der Waals surface area contributed by atoms with Crippen LogP contribution in [-0.4, -0.2) is 27.3 Å². The van der Waals surface area contributed by atoms with E-state index in [1.807, 2.05) is 0 Å². The molecule has 2 amide bonds. The van der Waals surface area contributed by atoms with Crippen LogP contribution >= 0.6 is 27.5 Å². The first-order valence-corrected chi connectivity index (χ1v) is 11.5. The molecule has 10 heteroatoms. The number of benzene rings is 3. The van der Waals surface area contributed by atoms with Crippen molar-refractivity contribution in [3.8, 4) is 0 Å². The van der Waals surface area contributed by atoms with E-state index in [9.17, 15) is 18.0 Å². The van der Waals surface area contributed by atoms with Gasteiger partial charge < -0.3 is 11.1 Å². The van der Waals surface area contributed by atoms with Gasteiger partial charge in [-0.25, -0.2) is 8.42 Å². The number of amides is 2. The summed E-state index contributed by atoms with van der Waals surface area (Å²) in [6, 6.07) is 16.5. The van der Waals surface area contributed by atoms with Gasteiger partial charge in [-0.3, -0.25) is 13.9 Å². The molecule has 0 fully saturated rings. The van der Waals surface area contributed by atoms with Crippen molar-refractivity contribution in [3.05, 3.63) is 87.4 Å². The number of primary amides is 1. The van der Waals surface area contributed by atoms with Gasteiger partial charge in [0.25, 0.3) is 21.8 Å². The van der Waals surface area contributed by atoms with Gasteiger partial charge in [0.1, 0.15) is 0 Å². The fourth-order valence-corrected chi connectivity index (χ4v) is 4.43. The quantitative estimate of drug-likeness (QED) is 0.503. The Morgan fingerprint density at radius 2 is 1.61 bits per heavy atom. The van der Waals surface area contributed by atoms with Gasteiger partial charge in [0.2, 0.25) is 0 Å². The molecule has 3 aromatic carbocycles. The first kappa shape index (κ1) is 22.8. The molecule has 0 spiro atoms. The van der Waals surface area contributed by atoms with Gasteiger partial charge in [-0.2, -0.15) is 0 Å². The molecule has 0 radical (unpaired) electrons. The Labute approximate surface area is 193 Å². The summed E-state index contributed by atoms with van der Waals surface area (Å²) in [5.41, 5.74) is 6.41. The van der Waals surface area contributed by atoms with Crippen LogP contribution in [0.3, 0.4) is 0 Å². The molecule has 0 aliphatic heterocycles. The molecule has 0 unspecified atom stereocenters. The van der Waals surface area contributed by atoms with Crippen LogP contribution < -0.4 is 15.4 Å². The highest BCUT2D eigenvalue weighted by Gasteiger charge is 2.22. The van der Waals surface area contributed by atoms with E-state index in [0.29, 0.717) is 15.2 Å². The van der Waals surface area contributed by atoms with Gasteiger partial charge in [0.05, 0.1) is 21.8 Å². The molecule has 0 aromatic heterocycles. The lowest BCUT2D eigenvalue weighted by molar-refractivity contribution is 0.100. The molecule has 0 saturated heterocycles. The Balaban J connectivity index is 1.82. The Kier molecular flexibility index (Phi) is 6.68. The summed E-state index contributed by atoms with van der Waals surface area (Å²) in [7, 11) is -2.41. The number of carbonyl (C=O) groups is 2. The zero-order valence-electron chi connectivity index (χ0n) is 16.2. The van der Waals surface area contributed by atoms with E-state index in [0.717, 1.165) is 4.31 Å². The summed E-state index contributed by atoms with van der Waals surface area (Å²) >= 11 is 9.10. The van der Waals surface area contributed by atoms with E-state index in [4.69, 9.17) is 17.3 Å².